The van der Waals surface area contributed by atoms with E-state index in [2.05, 4.69) is 30.4 Å². The van der Waals surface area contributed by atoms with Crippen molar-refractivity contribution in [1.29, 1.82) is 0 Å². The fourth-order valence-corrected chi connectivity index (χ4v) is 3.83. The summed E-state index contributed by atoms with van der Waals surface area (Å²) in [6.45, 7) is 2.05. The van der Waals surface area contributed by atoms with Crippen molar-refractivity contribution in [1.82, 2.24) is 5.32 Å². The molecule has 1 atom stereocenters. The molecule has 0 fully saturated rings. The Morgan fingerprint density at radius 1 is 1.22 bits per heavy atom. The van der Waals surface area contributed by atoms with E-state index in [0.29, 0.717) is 0 Å². The average Bonchev–Trinajstić information content (AvgIpc) is 2.93. The van der Waals surface area contributed by atoms with E-state index in [9.17, 15) is 9.59 Å². The summed E-state index contributed by atoms with van der Waals surface area (Å²) >= 11 is 2.89. The molecule has 2 aromatic rings. The number of aryl methyl sites for hydroxylation is 1. The summed E-state index contributed by atoms with van der Waals surface area (Å²) in [6.07, 6.45) is 0.744. The number of hydrogen-bond acceptors (Lipinski definition) is 4. The van der Waals surface area contributed by atoms with Gasteiger partial charge in [-0.15, -0.1) is 23.1 Å². The number of benzene rings is 1. The highest BCUT2D eigenvalue weighted by Gasteiger charge is 2.18. The Kier molecular flexibility index (Phi) is 6.67. The van der Waals surface area contributed by atoms with Gasteiger partial charge in [0.25, 0.3) is 0 Å². The summed E-state index contributed by atoms with van der Waals surface area (Å²) in [5.74, 6) is -0.0873. The van der Waals surface area contributed by atoms with Gasteiger partial charge in [0.1, 0.15) is 0 Å². The van der Waals surface area contributed by atoms with Crippen molar-refractivity contribution < 1.29 is 9.59 Å². The Hall–Kier alpha value is -1.79. The van der Waals surface area contributed by atoms with Crippen molar-refractivity contribution in [3.05, 3.63) is 57.8 Å². The van der Waals surface area contributed by atoms with Gasteiger partial charge in [-0.25, -0.2) is 0 Å². The van der Waals surface area contributed by atoms with Gasteiger partial charge in [0.05, 0.1) is 17.5 Å². The van der Waals surface area contributed by atoms with E-state index >= 15 is 0 Å². The van der Waals surface area contributed by atoms with E-state index in [1.165, 1.54) is 27.8 Å². The minimum absolute atomic E-state index is 0.0564. The fraction of sp³-hybridized carbons (Fsp3) is 0.294. The summed E-state index contributed by atoms with van der Waals surface area (Å²) in [4.78, 5) is 24.1. The smallest absolute Gasteiger partial charge is 0.230 e. The summed E-state index contributed by atoms with van der Waals surface area (Å²) in [5, 5.41) is 5.12. The Labute approximate surface area is 144 Å². The van der Waals surface area contributed by atoms with Crippen LogP contribution in [0.15, 0.2) is 41.8 Å². The molecule has 0 aliphatic rings. The highest BCUT2D eigenvalue weighted by atomic mass is 32.2. The van der Waals surface area contributed by atoms with Crippen molar-refractivity contribution in [2.24, 2.45) is 5.73 Å². The van der Waals surface area contributed by atoms with Gasteiger partial charge in [-0.1, -0.05) is 30.3 Å². The van der Waals surface area contributed by atoms with Crippen molar-refractivity contribution in [2.75, 3.05) is 11.5 Å². The lowest BCUT2D eigenvalue weighted by molar-refractivity contribution is -0.119. The molecule has 0 saturated carbocycles. The summed E-state index contributed by atoms with van der Waals surface area (Å²) in [6, 6.07) is 12.1. The van der Waals surface area contributed by atoms with Crippen LogP contribution in [0.3, 0.4) is 0 Å². The molecular weight excluding hydrogens is 328 g/mol. The lowest BCUT2D eigenvalue weighted by Gasteiger charge is -2.19. The van der Waals surface area contributed by atoms with Gasteiger partial charge in [0, 0.05) is 4.88 Å². The van der Waals surface area contributed by atoms with E-state index in [0.717, 1.165) is 6.42 Å². The molecule has 1 heterocycles. The third-order valence-corrected chi connectivity index (χ3v) is 5.40. The second kappa shape index (κ2) is 8.74. The number of thioether (sulfide) groups is 1. The van der Waals surface area contributed by atoms with E-state index < -0.39 is 5.91 Å². The molecule has 2 rings (SSSR count). The molecule has 4 nitrogen and oxygen atoms in total. The van der Waals surface area contributed by atoms with E-state index in [1.807, 2.05) is 23.6 Å². The van der Waals surface area contributed by atoms with Gasteiger partial charge in [-0.2, -0.15) is 0 Å². The van der Waals surface area contributed by atoms with E-state index in [-0.39, 0.29) is 23.5 Å². The molecule has 1 aromatic carbocycles. The van der Waals surface area contributed by atoms with Crippen LogP contribution in [0.2, 0.25) is 0 Å². The SMILES string of the molecule is Cc1ccsc1[C@@H](Cc1ccccc1)NC(=O)CSCC(N)=O. The fourth-order valence-electron chi connectivity index (χ4n) is 2.28. The Morgan fingerprint density at radius 3 is 2.57 bits per heavy atom. The molecule has 0 unspecified atom stereocenters. The number of hydrogen-bond donors (Lipinski definition) is 2. The Morgan fingerprint density at radius 2 is 1.96 bits per heavy atom. The molecule has 23 heavy (non-hydrogen) atoms. The van der Waals surface area contributed by atoms with Crippen LogP contribution < -0.4 is 11.1 Å². The molecule has 0 aliphatic carbocycles. The zero-order chi connectivity index (χ0) is 16.7. The highest BCUT2D eigenvalue weighted by molar-refractivity contribution is 8.00. The lowest BCUT2D eigenvalue weighted by Crippen LogP contribution is -2.31. The zero-order valence-electron chi connectivity index (χ0n) is 13.0. The van der Waals surface area contributed by atoms with Crippen LogP contribution in [0.25, 0.3) is 0 Å². The number of amides is 2. The van der Waals surface area contributed by atoms with Gasteiger partial charge in [0.15, 0.2) is 0 Å². The largest absolute Gasteiger partial charge is 0.369 e. The molecule has 0 bridgehead atoms. The normalized spacial score (nSPS) is 11.9. The van der Waals surface area contributed by atoms with Gasteiger partial charge in [-0.3, -0.25) is 9.59 Å². The van der Waals surface area contributed by atoms with Crippen LogP contribution in [0.1, 0.15) is 22.0 Å². The van der Waals surface area contributed by atoms with Crippen LogP contribution >= 0.6 is 23.1 Å². The lowest BCUT2D eigenvalue weighted by atomic mass is 10.0. The maximum atomic E-state index is 12.2. The third-order valence-electron chi connectivity index (χ3n) is 3.31. The third kappa shape index (κ3) is 5.73. The zero-order valence-corrected chi connectivity index (χ0v) is 14.6. The molecule has 0 spiro atoms. The summed E-state index contributed by atoms with van der Waals surface area (Å²) in [5.41, 5.74) is 7.45. The molecule has 0 aliphatic heterocycles. The predicted molar refractivity (Wildman–Crippen MR) is 96.6 cm³/mol. The van der Waals surface area contributed by atoms with Crippen LogP contribution in [-0.4, -0.2) is 23.3 Å². The number of rotatable bonds is 8. The Bertz CT molecular complexity index is 656. The first-order valence-corrected chi connectivity index (χ1v) is 9.33. The van der Waals surface area contributed by atoms with Gasteiger partial charge in [-0.05, 0) is 35.9 Å². The standard InChI is InChI=1S/C17H20N2O2S2/c1-12-7-8-23-17(12)14(9-13-5-3-2-4-6-13)19-16(21)11-22-10-15(18)20/h2-8,14H,9-11H2,1H3,(H2,18,20)(H,19,21)/t14-/m1/s1. The molecular formula is C17H20N2O2S2. The first kappa shape index (κ1) is 17.6. The number of carbonyl (C=O) groups excluding carboxylic acids is 2. The Balaban J connectivity index is 2.04. The van der Waals surface area contributed by atoms with Gasteiger partial charge >= 0.3 is 0 Å². The van der Waals surface area contributed by atoms with Crippen molar-refractivity contribution in [3.63, 3.8) is 0 Å². The number of carbonyl (C=O) groups is 2. The van der Waals surface area contributed by atoms with Crippen LogP contribution in [0.5, 0.6) is 0 Å². The predicted octanol–water partition coefficient (Wildman–Crippen LogP) is 2.68. The second-order valence-corrected chi connectivity index (χ2v) is 7.17. The van der Waals surface area contributed by atoms with Gasteiger partial charge < -0.3 is 11.1 Å². The number of nitrogens with one attached hydrogen (secondary N) is 1. The maximum absolute atomic E-state index is 12.2. The van der Waals surface area contributed by atoms with Crippen LogP contribution in [0, 0.1) is 6.92 Å². The highest BCUT2D eigenvalue weighted by Crippen LogP contribution is 2.27. The molecule has 6 heteroatoms. The number of nitrogens with two attached hydrogens (primary N) is 1. The monoisotopic (exact) mass is 348 g/mol. The minimum Gasteiger partial charge on any atom is -0.369 e. The first-order chi connectivity index (χ1) is 11.1. The second-order valence-electron chi connectivity index (χ2n) is 5.24. The van der Waals surface area contributed by atoms with E-state index in [1.54, 1.807) is 11.3 Å². The first-order valence-electron chi connectivity index (χ1n) is 7.29. The minimum atomic E-state index is -0.405. The van der Waals surface area contributed by atoms with E-state index in [4.69, 9.17) is 5.73 Å². The number of primary amides is 1. The van der Waals surface area contributed by atoms with Crippen molar-refractivity contribution in [3.8, 4) is 0 Å². The molecule has 1 aromatic heterocycles. The summed E-state index contributed by atoms with van der Waals surface area (Å²) in [7, 11) is 0. The van der Waals surface area contributed by atoms with Crippen LogP contribution in [0.4, 0.5) is 0 Å². The topological polar surface area (TPSA) is 72.2 Å². The molecule has 2 amide bonds. The average molecular weight is 348 g/mol. The quantitative estimate of drug-likeness (QED) is 0.770. The van der Waals surface area contributed by atoms with Crippen molar-refractivity contribution in [2.45, 2.75) is 19.4 Å². The summed E-state index contributed by atoms with van der Waals surface area (Å²) < 4.78 is 0. The molecule has 122 valence electrons. The number of thiophene rings is 1. The molecule has 0 saturated heterocycles. The van der Waals surface area contributed by atoms with Gasteiger partial charge in [0.2, 0.25) is 11.8 Å². The molecule has 3 N–H and O–H groups in total. The van der Waals surface area contributed by atoms with Crippen LogP contribution in [-0.2, 0) is 16.0 Å². The molecule has 0 radical (unpaired) electrons. The van der Waals surface area contributed by atoms with Crippen molar-refractivity contribution >= 4 is 34.9 Å². The maximum Gasteiger partial charge on any atom is 0.230 e.